The van der Waals surface area contributed by atoms with Gasteiger partial charge in [0, 0.05) is 11.9 Å². The number of hydrogen-bond acceptors (Lipinski definition) is 1. The van der Waals surface area contributed by atoms with Crippen molar-refractivity contribution in [1.82, 2.24) is 0 Å². The summed E-state index contributed by atoms with van der Waals surface area (Å²) in [7, 11) is 0. The molecule has 0 fully saturated rings. The van der Waals surface area contributed by atoms with E-state index in [0.717, 1.165) is 12.1 Å². The van der Waals surface area contributed by atoms with Gasteiger partial charge in [-0.2, -0.15) is 0 Å². The Bertz CT molecular complexity index is 410. The van der Waals surface area contributed by atoms with Gasteiger partial charge >= 0.3 is 0 Å². The molecule has 1 aromatic carbocycles. The number of hydrogen-bond donors (Lipinski definition) is 1. The van der Waals surface area contributed by atoms with Crippen LogP contribution < -0.4 is 5.32 Å². The van der Waals surface area contributed by atoms with Crippen molar-refractivity contribution in [3.05, 3.63) is 65.9 Å². The second-order valence-electron chi connectivity index (χ2n) is 4.12. The monoisotopic (exact) mass is 227 g/mol. The average molecular weight is 227 g/mol. The van der Waals surface area contributed by atoms with Gasteiger partial charge in [-0.05, 0) is 44.1 Å². The van der Waals surface area contributed by atoms with Crippen molar-refractivity contribution in [3.63, 3.8) is 0 Å². The summed E-state index contributed by atoms with van der Waals surface area (Å²) in [5, 5.41) is 3.24. The normalized spacial score (nSPS) is 13.1. The lowest BCUT2D eigenvalue weighted by Crippen LogP contribution is -1.85. The van der Waals surface area contributed by atoms with E-state index in [1.165, 1.54) is 11.1 Å². The van der Waals surface area contributed by atoms with E-state index < -0.39 is 0 Å². The molecule has 0 saturated heterocycles. The highest BCUT2D eigenvalue weighted by Crippen LogP contribution is 2.06. The molecule has 0 aliphatic heterocycles. The highest BCUT2D eigenvalue weighted by Gasteiger charge is 1.85. The van der Waals surface area contributed by atoms with Crippen LogP contribution in [0.1, 0.15) is 27.2 Å². The molecule has 1 rings (SSSR count). The Balaban J connectivity index is 2.49. The van der Waals surface area contributed by atoms with Crippen LogP contribution in [0.3, 0.4) is 0 Å². The van der Waals surface area contributed by atoms with E-state index in [1.54, 1.807) is 0 Å². The lowest BCUT2D eigenvalue weighted by atomic mass is 10.2. The van der Waals surface area contributed by atoms with Crippen LogP contribution >= 0.6 is 0 Å². The maximum Gasteiger partial charge on any atom is 0.0379 e. The first-order valence-corrected chi connectivity index (χ1v) is 6.04. The third-order valence-corrected chi connectivity index (χ3v) is 2.56. The molecular weight excluding hydrogens is 206 g/mol. The van der Waals surface area contributed by atoms with Gasteiger partial charge < -0.3 is 5.32 Å². The summed E-state index contributed by atoms with van der Waals surface area (Å²) in [6.07, 6.45) is 9.46. The molecule has 0 saturated carbocycles. The molecule has 0 unspecified atom stereocenters. The van der Waals surface area contributed by atoms with Crippen LogP contribution in [0.4, 0.5) is 5.69 Å². The molecule has 0 radical (unpaired) electrons. The molecule has 0 aliphatic carbocycles. The first-order valence-electron chi connectivity index (χ1n) is 6.04. The Hall–Kier alpha value is -1.76. The Morgan fingerprint density at radius 1 is 1.12 bits per heavy atom. The van der Waals surface area contributed by atoms with Crippen LogP contribution in [0.2, 0.25) is 0 Å². The Kier molecular flexibility index (Phi) is 5.87. The molecule has 1 nitrogen and oxygen atoms in total. The second kappa shape index (κ2) is 7.50. The van der Waals surface area contributed by atoms with Gasteiger partial charge in [-0.25, -0.2) is 0 Å². The fourth-order valence-corrected chi connectivity index (χ4v) is 1.25. The summed E-state index contributed by atoms with van der Waals surface area (Å²) >= 11 is 0. The lowest BCUT2D eigenvalue weighted by Gasteiger charge is -1.99. The van der Waals surface area contributed by atoms with Crippen LogP contribution in [-0.4, -0.2) is 0 Å². The number of anilines is 1. The van der Waals surface area contributed by atoms with Crippen LogP contribution in [-0.2, 0) is 0 Å². The van der Waals surface area contributed by atoms with E-state index in [9.17, 15) is 0 Å². The molecule has 17 heavy (non-hydrogen) atoms. The summed E-state index contributed by atoms with van der Waals surface area (Å²) in [4.78, 5) is 0. The van der Waals surface area contributed by atoms with Crippen LogP contribution in [0.15, 0.2) is 65.9 Å². The predicted octanol–water partition coefficient (Wildman–Crippen LogP) is 4.91. The highest BCUT2D eigenvalue weighted by atomic mass is 14.8. The fraction of sp³-hybridized carbons (Fsp3) is 0.250. The summed E-state index contributed by atoms with van der Waals surface area (Å²) in [6.45, 7) is 6.42. The largest absolute Gasteiger partial charge is 0.362 e. The Morgan fingerprint density at radius 2 is 1.82 bits per heavy atom. The van der Waals surface area contributed by atoms with Crippen molar-refractivity contribution in [2.45, 2.75) is 27.2 Å². The number of rotatable bonds is 5. The molecule has 0 atom stereocenters. The SMILES string of the molecule is CC\C(C)=C/C=C(C)/C=C\Nc1ccccc1. The first-order chi connectivity index (χ1) is 8.22. The molecular formula is C16H21N. The van der Waals surface area contributed by atoms with E-state index in [1.807, 2.05) is 36.5 Å². The molecule has 0 amide bonds. The summed E-state index contributed by atoms with van der Waals surface area (Å²) < 4.78 is 0. The van der Waals surface area contributed by atoms with Crippen LogP contribution in [0, 0.1) is 0 Å². The predicted molar refractivity (Wildman–Crippen MR) is 77.0 cm³/mol. The second-order valence-corrected chi connectivity index (χ2v) is 4.12. The maximum atomic E-state index is 3.24. The Morgan fingerprint density at radius 3 is 2.47 bits per heavy atom. The molecule has 90 valence electrons. The topological polar surface area (TPSA) is 12.0 Å². The smallest absolute Gasteiger partial charge is 0.0379 e. The number of nitrogens with one attached hydrogen (secondary N) is 1. The first kappa shape index (κ1) is 13.3. The van der Waals surface area contributed by atoms with E-state index in [4.69, 9.17) is 0 Å². The maximum absolute atomic E-state index is 3.24. The zero-order valence-electron chi connectivity index (χ0n) is 10.9. The molecule has 0 spiro atoms. The van der Waals surface area contributed by atoms with Gasteiger partial charge in [0.2, 0.25) is 0 Å². The van der Waals surface area contributed by atoms with Crippen molar-refractivity contribution in [1.29, 1.82) is 0 Å². The minimum absolute atomic E-state index is 1.11. The molecule has 0 aliphatic rings. The molecule has 1 N–H and O–H groups in total. The van der Waals surface area contributed by atoms with Gasteiger partial charge in [-0.15, -0.1) is 0 Å². The number of benzene rings is 1. The van der Waals surface area contributed by atoms with Crippen molar-refractivity contribution in [2.24, 2.45) is 0 Å². The summed E-state index contributed by atoms with van der Waals surface area (Å²) in [5.74, 6) is 0. The van der Waals surface area contributed by atoms with Gasteiger partial charge in [-0.1, -0.05) is 42.8 Å². The quantitative estimate of drug-likeness (QED) is 0.704. The van der Waals surface area contributed by atoms with Gasteiger partial charge in [-0.3, -0.25) is 0 Å². The highest BCUT2D eigenvalue weighted by molar-refractivity contribution is 5.45. The van der Waals surface area contributed by atoms with Crippen molar-refractivity contribution >= 4 is 5.69 Å². The Labute approximate surface area is 105 Å². The van der Waals surface area contributed by atoms with Gasteiger partial charge in [0.25, 0.3) is 0 Å². The van der Waals surface area contributed by atoms with Gasteiger partial charge in [0.05, 0.1) is 0 Å². The van der Waals surface area contributed by atoms with Crippen molar-refractivity contribution < 1.29 is 0 Å². The lowest BCUT2D eigenvalue weighted by molar-refractivity contribution is 1.10. The molecule has 0 heterocycles. The third-order valence-electron chi connectivity index (χ3n) is 2.56. The minimum atomic E-state index is 1.11. The van der Waals surface area contributed by atoms with Crippen molar-refractivity contribution in [3.8, 4) is 0 Å². The van der Waals surface area contributed by atoms with Crippen LogP contribution in [0.25, 0.3) is 0 Å². The van der Waals surface area contributed by atoms with E-state index in [-0.39, 0.29) is 0 Å². The molecule has 0 bridgehead atoms. The number of para-hydroxylation sites is 1. The van der Waals surface area contributed by atoms with Crippen molar-refractivity contribution in [2.75, 3.05) is 5.32 Å². The van der Waals surface area contributed by atoms with E-state index in [2.05, 4.69) is 44.3 Å². The average Bonchev–Trinajstić information content (AvgIpc) is 2.37. The zero-order chi connectivity index (χ0) is 12.5. The van der Waals surface area contributed by atoms with Gasteiger partial charge in [0.15, 0.2) is 0 Å². The third kappa shape index (κ3) is 5.76. The van der Waals surface area contributed by atoms with E-state index in [0.29, 0.717) is 0 Å². The summed E-state index contributed by atoms with van der Waals surface area (Å²) in [5.41, 5.74) is 3.74. The van der Waals surface area contributed by atoms with Crippen LogP contribution in [0.5, 0.6) is 0 Å². The minimum Gasteiger partial charge on any atom is -0.362 e. The summed E-state index contributed by atoms with van der Waals surface area (Å²) in [6, 6.07) is 10.1. The fourth-order valence-electron chi connectivity index (χ4n) is 1.25. The number of allylic oxidation sites excluding steroid dienone is 5. The zero-order valence-corrected chi connectivity index (χ0v) is 10.9. The van der Waals surface area contributed by atoms with E-state index >= 15 is 0 Å². The molecule has 0 aromatic heterocycles. The standard InChI is InChI=1S/C16H21N/c1-4-14(2)10-11-15(3)12-13-17-16-8-6-5-7-9-16/h5-13,17H,4H2,1-3H3/b13-12-,14-10-,15-11+. The molecule has 1 heteroatoms. The van der Waals surface area contributed by atoms with Gasteiger partial charge in [0.1, 0.15) is 0 Å². The molecule has 1 aromatic rings.